The van der Waals surface area contributed by atoms with Crippen LogP contribution in [-0.2, 0) is 0 Å². The average Bonchev–Trinajstić information content (AvgIpc) is 2.04. The minimum absolute atomic E-state index is 0.257. The van der Waals surface area contributed by atoms with Crippen molar-refractivity contribution >= 4 is 5.84 Å². The van der Waals surface area contributed by atoms with Crippen molar-refractivity contribution in [2.45, 2.75) is 12.8 Å². The largest absolute Gasteiger partial charge is 0.409 e. The van der Waals surface area contributed by atoms with Gasteiger partial charge in [-0.2, -0.15) is 0 Å². The van der Waals surface area contributed by atoms with Crippen LogP contribution in [0.3, 0.4) is 0 Å². The summed E-state index contributed by atoms with van der Waals surface area (Å²) in [6.45, 7) is 1.36. The highest BCUT2D eigenvalue weighted by Gasteiger charge is 1.91. The monoisotopic (exact) mass is 155 g/mol. The van der Waals surface area contributed by atoms with Crippen LogP contribution in [0.4, 0.5) is 0 Å². The van der Waals surface area contributed by atoms with Crippen LogP contribution in [0, 0.1) is 12.3 Å². The first-order valence-electron chi connectivity index (χ1n) is 3.42. The molecule has 0 aliphatic carbocycles. The standard InChI is InChI=1S/C7H13N3O/c1-2-5-9-6-3-4-7(8)10-11/h1,9,11H,3-6H2,(H2,8,10). The van der Waals surface area contributed by atoms with Gasteiger partial charge in [-0.3, -0.25) is 0 Å². The molecule has 0 amide bonds. The third kappa shape index (κ3) is 6.68. The highest BCUT2D eigenvalue weighted by atomic mass is 16.4. The molecular formula is C7H13N3O. The van der Waals surface area contributed by atoms with Crippen molar-refractivity contribution in [1.82, 2.24) is 5.32 Å². The van der Waals surface area contributed by atoms with Gasteiger partial charge in [-0.1, -0.05) is 11.1 Å². The summed E-state index contributed by atoms with van der Waals surface area (Å²) in [7, 11) is 0. The smallest absolute Gasteiger partial charge is 0.139 e. The number of hydrogen-bond donors (Lipinski definition) is 3. The minimum Gasteiger partial charge on any atom is -0.409 e. The van der Waals surface area contributed by atoms with E-state index < -0.39 is 0 Å². The van der Waals surface area contributed by atoms with Crippen LogP contribution in [-0.4, -0.2) is 24.1 Å². The summed E-state index contributed by atoms with van der Waals surface area (Å²) in [6.07, 6.45) is 6.42. The lowest BCUT2D eigenvalue weighted by Gasteiger charge is -1.98. The number of oxime groups is 1. The van der Waals surface area contributed by atoms with Gasteiger partial charge in [0.15, 0.2) is 0 Å². The van der Waals surface area contributed by atoms with Gasteiger partial charge in [0.2, 0.25) is 0 Å². The lowest BCUT2D eigenvalue weighted by molar-refractivity contribution is 0.316. The highest BCUT2D eigenvalue weighted by Crippen LogP contribution is 1.85. The van der Waals surface area contributed by atoms with Gasteiger partial charge in [0.25, 0.3) is 0 Å². The zero-order valence-corrected chi connectivity index (χ0v) is 6.38. The van der Waals surface area contributed by atoms with Crippen molar-refractivity contribution in [3.63, 3.8) is 0 Å². The summed E-state index contributed by atoms with van der Waals surface area (Å²) < 4.78 is 0. The molecule has 0 rings (SSSR count). The van der Waals surface area contributed by atoms with Crippen LogP contribution in [0.5, 0.6) is 0 Å². The normalized spacial score (nSPS) is 11.0. The predicted molar refractivity (Wildman–Crippen MR) is 44.3 cm³/mol. The van der Waals surface area contributed by atoms with Gasteiger partial charge in [-0.05, 0) is 13.0 Å². The maximum Gasteiger partial charge on any atom is 0.139 e. The molecule has 0 aromatic carbocycles. The topological polar surface area (TPSA) is 70.6 Å². The maximum atomic E-state index is 8.15. The van der Waals surface area contributed by atoms with E-state index in [1.54, 1.807) is 0 Å². The molecule has 0 aromatic heterocycles. The fourth-order valence-electron chi connectivity index (χ4n) is 0.605. The van der Waals surface area contributed by atoms with Crippen LogP contribution >= 0.6 is 0 Å². The average molecular weight is 155 g/mol. The number of amidine groups is 1. The number of rotatable bonds is 5. The Morgan fingerprint density at radius 1 is 1.73 bits per heavy atom. The summed E-state index contributed by atoms with van der Waals surface area (Å²) >= 11 is 0. The van der Waals surface area contributed by atoms with Crippen molar-refractivity contribution < 1.29 is 5.21 Å². The Hall–Kier alpha value is -1.21. The van der Waals surface area contributed by atoms with Gasteiger partial charge >= 0.3 is 0 Å². The Balaban J connectivity index is 3.10. The molecule has 4 N–H and O–H groups in total. The first-order valence-corrected chi connectivity index (χ1v) is 3.42. The summed E-state index contributed by atoms with van der Waals surface area (Å²) in [5.41, 5.74) is 5.22. The molecule has 11 heavy (non-hydrogen) atoms. The molecule has 0 saturated heterocycles. The van der Waals surface area contributed by atoms with Gasteiger partial charge in [-0.15, -0.1) is 6.42 Å². The Kier molecular flexibility index (Phi) is 6.14. The molecule has 0 radical (unpaired) electrons. The van der Waals surface area contributed by atoms with Crippen molar-refractivity contribution in [2.24, 2.45) is 10.9 Å². The number of terminal acetylenes is 1. The second kappa shape index (κ2) is 6.90. The summed E-state index contributed by atoms with van der Waals surface area (Å²) in [6, 6.07) is 0. The quantitative estimate of drug-likeness (QED) is 0.128. The van der Waals surface area contributed by atoms with Gasteiger partial charge in [0.05, 0.1) is 6.54 Å². The molecule has 62 valence electrons. The maximum absolute atomic E-state index is 8.15. The molecule has 0 atom stereocenters. The fourth-order valence-corrected chi connectivity index (χ4v) is 0.605. The molecule has 4 nitrogen and oxygen atoms in total. The molecule has 0 aliphatic heterocycles. The Morgan fingerprint density at radius 2 is 2.45 bits per heavy atom. The third-order valence-electron chi connectivity index (χ3n) is 1.14. The molecule has 0 saturated carbocycles. The zero-order valence-electron chi connectivity index (χ0n) is 6.38. The molecule has 4 heteroatoms. The van der Waals surface area contributed by atoms with E-state index in [0.717, 1.165) is 13.0 Å². The second-order valence-electron chi connectivity index (χ2n) is 2.08. The van der Waals surface area contributed by atoms with Crippen molar-refractivity contribution in [1.29, 1.82) is 0 Å². The highest BCUT2D eigenvalue weighted by molar-refractivity contribution is 5.79. The van der Waals surface area contributed by atoms with Gasteiger partial charge in [0, 0.05) is 6.42 Å². The van der Waals surface area contributed by atoms with Crippen LogP contribution in [0.15, 0.2) is 5.16 Å². The third-order valence-corrected chi connectivity index (χ3v) is 1.14. The summed E-state index contributed by atoms with van der Waals surface area (Å²) in [4.78, 5) is 0. The van der Waals surface area contributed by atoms with Gasteiger partial charge in [0.1, 0.15) is 5.84 Å². The van der Waals surface area contributed by atoms with Crippen LogP contribution < -0.4 is 11.1 Å². The summed E-state index contributed by atoms with van der Waals surface area (Å²) in [5, 5.41) is 14.0. The number of hydrogen-bond acceptors (Lipinski definition) is 3. The number of nitrogens with one attached hydrogen (secondary N) is 1. The Morgan fingerprint density at radius 3 is 3.00 bits per heavy atom. The van der Waals surface area contributed by atoms with Crippen molar-refractivity contribution in [3.8, 4) is 12.3 Å². The Labute approximate surface area is 66.5 Å². The van der Waals surface area contributed by atoms with Crippen molar-refractivity contribution in [3.05, 3.63) is 0 Å². The fraction of sp³-hybridized carbons (Fsp3) is 0.571. The van der Waals surface area contributed by atoms with Gasteiger partial charge < -0.3 is 16.3 Å². The van der Waals surface area contributed by atoms with E-state index in [1.165, 1.54) is 0 Å². The zero-order chi connectivity index (χ0) is 8.53. The molecule has 0 heterocycles. The second-order valence-corrected chi connectivity index (χ2v) is 2.08. The van der Waals surface area contributed by atoms with E-state index in [1.807, 2.05) is 0 Å². The molecule has 0 fully saturated rings. The summed E-state index contributed by atoms with van der Waals surface area (Å²) in [5.74, 6) is 2.70. The molecule has 0 aromatic rings. The molecule has 0 bridgehead atoms. The van der Waals surface area contributed by atoms with Crippen molar-refractivity contribution in [2.75, 3.05) is 13.1 Å². The van der Waals surface area contributed by atoms with Crippen LogP contribution in [0.25, 0.3) is 0 Å². The predicted octanol–water partition coefficient (Wildman–Crippen LogP) is -0.264. The van der Waals surface area contributed by atoms with E-state index in [-0.39, 0.29) is 5.84 Å². The minimum atomic E-state index is 0.257. The first-order chi connectivity index (χ1) is 5.31. The van der Waals surface area contributed by atoms with E-state index in [0.29, 0.717) is 13.0 Å². The van der Waals surface area contributed by atoms with Crippen LogP contribution in [0.2, 0.25) is 0 Å². The first kappa shape index (κ1) is 9.79. The lowest BCUT2D eigenvalue weighted by Crippen LogP contribution is -2.18. The van der Waals surface area contributed by atoms with Gasteiger partial charge in [-0.25, -0.2) is 0 Å². The molecular weight excluding hydrogens is 142 g/mol. The molecule has 0 spiro atoms. The van der Waals surface area contributed by atoms with Crippen LogP contribution in [0.1, 0.15) is 12.8 Å². The van der Waals surface area contributed by atoms with E-state index in [9.17, 15) is 0 Å². The Bertz CT molecular complexity index is 160. The molecule has 0 aliphatic rings. The van der Waals surface area contributed by atoms with E-state index >= 15 is 0 Å². The molecule has 0 unspecified atom stereocenters. The SMILES string of the molecule is C#CCNCCCC(N)=NO. The lowest BCUT2D eigenvalue weighted by atomic mass is 10.3. The number of nitrogens with zero attached hydrogens (tertiary/aromatic N) is 1. The van der Waals surface area contributed by atoms with E-state index in [2.05, 4.69) is 16.4 Å². The van der Waals surface area contributed by atoms with E-state index in [4.69, 9.17) is 17.4 Å². The number of nitrogens with two attached hydrogens (primary N) is 1.